The maximum Gasteiger partial charge on any atom is 0.222 e. The van der Waals surface area contributed by atoms with Crippen LogP contribution in [0.4, 0.5) is 0 Å². The molecule has 6 heteroatoms. The highest BCUT2D eigenvalue weighted by Gasteiger charge is 2.21. The molecule has 0 atom stereocenters. The van der Waals surface area contributed by atoms with Crippen molar-refractivity contribution in [2.45, 2.75) is 90.3 Å². The monoisotopic (exact) mass is 365 g/mol. The van der Waals surface area contributed by atoms with Crippen molar-refractivity contribution in [1.82, 2.24) is 20.9 Å². The lowest BCUT2D eigenvalue weighted by Crippen LogP contribution is -2.50. The molecule has 1 aliphatic heterocycles. The van der Waals surface area contributed by atoms with Crippen LogP contribution in [0.2, 0.25) is 0 Å². The Morgan fingerprint density at radius 1 is 1.04 bits per heavy atom. The van der Waals surface area contributed by atoms with E-state index in [0.29, 0.717) is 31.1 Å². The van der Waals surface area contributed by atoms with Crippen LogP contribution in [0.15, 0.2) is 4.99 Å². The topological polar surface area (TPSA) is 68.8 Å². The van der Waals surface area contributed by atoms with Gasteiger partial charge in [0.05, 0.1) is 6.54 Å². The van der Waals surface area contributed by atoms with Crippen molar-refractivity contribution >= 4 is 11.9 Å². The number of nitrogens with zero attached hydrogens (tertiary/aromatic N) is 2. The van der Waals surface area contributed by atoms with E-state index in [4.69, 9.17) is 0 Å². The van der Waals surface area contributed by atoms with Gasteiger partial charge in [-0.05, 0) is 46.5 Å². The molecule has 0 spiro atoms. The van der Waals surface area contributed by atoms with E-state index in [1.807, 2.05) is 0 Å². The van der Waals surface area contributed by atoms with E-state index in [2.05, 4.69) is 46.6 Å². The first kappa shape index (κ1) is 21.0. The number of aliphatic imine (C=N–C) groups is 1. The van der Waals surface area contributed by atoms with Crippen molar-refractivity contribution in [3.8, 4) is 0 Å². The second-order valence-electron chi connectivity index (χ2n) is 7.96. The molecule has 0 radical (unpaired) electrons. The van der Waals surface area contributed by atoms with Crippen molar-refractivity contribution in [2.24, 2.45) is 4.99 Å². The highest BCUT2D eigenvalue weighted by atomic mass is 16.1. The standard InChI is InChI=1S/C20H39N5O/c1-4-21-20(24-18-11-14-25(15-12-18)16(2)3)22-13-10-19(26)23-17-8-6-5-7-9-17/h16-18H,4-15H2,1-3H3,(H,23,26)(H2,21,22,24). The normalized spacial score (nSPS) is 21.0. The van der Waals surface area contributed by atoms with E-state index < -0.39 is 0 Å². The predicted octanol–water partition coefficient (Wildman–Crippen LogP) is 2.25. The van der Waals surface area contributed by atoms with E-state index in [0.717, 1.165) is 51.3 Å². The minimum Gasteiger partial charge on any atom is -0.357 e. The quantitative estimate of drug-likeness (QED) is 0.478. The summed E-state index contributed by atoms with van der Waals surface area (Å²) in [5.41, 5.74) is 0. The molecule has 1 saturated heterocycles. The Hall–Kier alpha value is -1.30. The molecular formula is C20H39N5O. The first-order valence-electron chi connectivity index (χ1n) is 10.7. The van der Waals surface area contributed by atoms with Crippen LogP contribution in [0.25, 0.3) is 0 Å². The van der Waals surface area contributed by atoms with Gasteiger partial charge in [-0.15, -0.1) is 0 Å². The number of piperidine rings is 1. The fraction of sp³-hybridized carbons (Fsp3) is 0.900. The molecule has 1 aliphatic carbocycles. The zero-order chi connectivity index (χ0) is 18.8. The van der Waals surface area contributed by atoms with Gasteiger partial charge in [-0.3, -0.25) is 9.79 Å². The molecule has 1 heterocycles. The fourth-order valence-corrected chi connectivity index (χ4v) is 3.89. The average Bonchev–Trinajstić information content (AvgIpc) is 2.63. The summed E-state index contributed by atoms with van der Waals surface area (Å²) in [6.45, 7) is 10.3. The summed E-state index contributed by atoms with van der Waals surface area (Å²) in [5.74, 6) is 0.989. The molecule has 2 rings (SSSR count). The van der Waals surface area contributed by atoms with Gasteiger partial charge in [0, 0.05) is 44.2 Å². The van der Waals surface area contributed by atoms with Crippen molar-refractivity contribution in [2.75, 3.05) is 26.2 Å². The lowest BCUT2D eigenvalue weighted by Gasteiger charge is -2.35. The third-order valence-electron chi connectivity index (χ3n) is 5.52. The zero-order valence-corrected chi connectivity index (χ0v) is 17.0. The first-order valence-corrected chi connectivity index (χ1v) is 10.7. The lowest BCUT2D eigenvalue weighted by atomic mass is 9.95. The third-order valence-corrected chi connectivity index (χ3v) is 5.52. The number of carbonyl (C=O) groups is 1. The number of rotatable bonds is 7. The summed E-state index contributed by atoms with van der Waals surface area (Å²) in [6.07, 6.45) is 8.82. The van der Waals surface area contributed by atoms with E-state index >= 15 is 0 Å². The van der Waals surface area contributed by atoms with Crippen LogP contribution in [0, 0.1) is 0 Å². The number of carbonyl (C=O) groups excluding carboxylic acids is 1. The van der Waals surface area contributed by atoms with Crippen LogP contribution in [0.5, 0.6) is 0 Å². The molecule has 1 amide bonds. The molecule has 1 saturated carbocycles. The van der Waals surface area contributed by atoms with E-state index in [1.54, 1.807) is 0 Å². The highest BCUT2D eigenvalue weighted by molar-refractivity contribution is 5.81. The molecule has 3 N–H and O–H groups in total. The lowest BCUT2D eigenvalue weighted by molar-refractivity contribution is -0.121. The third kappa shape index (κ3) is 7.52. The van der Waals surface area contributed by atoms with Gasteiger partial charge in [0.2, 0.25) is 5.91 Å². The van der Waals surface area contributed by atoms with Gasteiger partial charge in [0.15, 0.2) is 5.96 Å². The molecule has 2 aliphatic rings. The van der Waals surface area contributed by atoms with Gasteiger partial charge >= 0.3 is 0 Å². The predicted molar refractivity (Wildman–Crippen MR) is 108 cm³/mol. The second-order valence-corrected chi connectivity index (χ2v) is 7.96. The molecule has 2 fully saturated rings. The van der Waals surface area contributed by atoms with Crippen LogP contribution in [0.1, 0.15) is 72.1 Å². The van der Waals surface area contributed by atoms with Crippen LogP contribution < -0.4 is 16.0 Å². The van der Waals surface area contributed by atoms with Crippen LogP contribution in [-0.4, -0.2) is 61.1 Å². The second kappa shape index (κ2) is 11.4. The Labute approximate surface area is 159 Å². The average molecular weight is 366 g/mol. The molecule has 0 unspecified atom stereocenters. The number of hydrogen-bond donors (Lipinski definition) is 3. The van der Waals surface area contributed by atoms with Gasteiger partial charge in [0.1, 0.15) is 0 Å². The van der Waals surface area contributed by atoms with Crippen LogP contribution in [-0.2, 0) is 4.79 Å². The summed E-state index contributed by atoms with van der Waals surface area (Å²) >= 11 is 0. The summed E-state index contributed by atoms with van der Waals surface area (Å²) in [4.78, 5) is 19.3. The summed E-state index contributed by atoms with van der Waals surface area (Å²) in [6, 6.07) is 1.48. The van der Waals surface area contributed by atoms with Crippen molar-refractivity contribution in [3.63, 3.8) is 0 Å². The number of amides is 1. The SMILES string of the molecule is CCNC(=NCCC(=O)NC1CCCCC1)NC1CCN(C(C)C)CC1. The van der Waals surface area contributed by atoms with Crippen LogP contribution >= 0.6 is 0 Å². The Morgan fingerprint density at radius 2 is 1.69 bits per heavy atom. The van der Waals surface area contributed by atoms with Gasteiger partial charge < -0.3 is 20.9 Å². The highest BCUT2D eigenvalue weighted by Crippen LogP contribution is 2.17. The minimum absolute atomic E-state index is 0.141. The van der Waals surface area contributed by atoms with E-state index in [9.17, 15) is 4.79 Å². The van der Waals surface area contributed by atoms with Crippen molar-refractivity contribution in [3.05, 3.63) is 0 Å². The molecule has 0 aromatic heterocycles. The zero-order valence-electron chi connectivity index (χ0n) is 17.0. The Morgan fingerprint density at radius 3 is 2.31 bits per heavy atom. The van der Waals surface area contributed by atoms with Crippen molar-refractivity contribution in [1.29, 1.82) is 0 Å². The molecule has 6 nitrogen and oxygen atoms in total. The maximum absolute atomic E-state index is 12.1. The molecule has 150 valence electrons. The number of guanidine groups is 1. The molecular weight excluding hydrogens is 326 g/mol. The minimum atomic E-state index is 0.141. The molecule has 0 bridgehead atoms. The maximum atomic E-state index is 12.1. The van der Waals surface area contributed by atoms with Gasteiger partial charge in [0.25, 0.3) is 0 Å². The Balaban J connectivity index is 1.71. The first-order chi connectivity index (χ1) is 12.6. The van der Waals surface area contributed by atoms with Crippen LogP contribution in [0.3, 0.4) is 0 Å². The Bertz CT molecular complexity index is 437. The molecule has 0 aromatic carbocycles. The van der Waals surface area contributed by atoms with Gasteiger partial charge in [-0.1, -0.05) is 19.3 Å². The number of likely N-dealkylation sites (tertiary alicyclic amines) is 1. The number of hydrogen-bond acceptors (Lipinski definition) is 3. The van der Waals surface area contributed by atoms with E-state index in [1.165, 1.54) is 19.3 Å². The molecule has 26 heavy (non-hydrogen) atoms. The summed E-state index contributed by atoms with van der Waals surface area (Å²) in [7, 11) is 0. The Kier molecular flexibility index (Phi) is 9.23. The molecule has 0 aromatic rings. The largest absolute Gasteiger partial charge is 0.357 e. The summed E-state index contributed by atoms with van der Waals surface area (Å²) in [5, 5.41) is 10.0. The number of nitrogens with one attached hydrogen (secondary N) is 3. The summed E-state index contributed by atoms with van der Waals surface area (Å²) < 4.78 is 0. The van der Waals surface area contributed by atoms with Gasteiger partial charge in [-0.25, -0.2) is 0 Å². The van der Waals surface area contributed by atoms with E-state index in [-0.39, 0.29) is 5.91 Å². The smallest absolute Gasteiger partial charge is 0.222 e. The fourth-order valence-electron chi connectivity index (χ4n) is 3.89. The van der Waals surface area contributed by atoms with Crippen molar-refractivity contribution < 1.29 is 4.79 Å². The van der Waals surface area contributed by atoms with Gasteiger partial charge in [-0.2, -0.15) is 0 Å².